The maximum absolute atomic E-state index is 11.5. The second-order valence-electron chi connectivity index (χ2n) is 8.81. The van der Waals surface area contributed by atoms with Gasteiger partial charge in [-0.1, -0.05) is 0 Å². The number of carbonyl (C=O) groups excluding carboxylic acids is 1. The summed E-state index contributed by atoms with van der Waals surface area (Å²) in [4.78, 5) is 27.3. The van der Waals surface area contributed by atoms with Crippen molar-refractivity contribution >= 4 is 23.2 Å². The Morgan fingerprint density at radius 3 is 2.67 bits per heavy atom. The summed E-state index contributed by atoms with van der Waals surface area (Å²) in [5, 5.41) is 2.79. The second-order valence-corrected chi connectivity index (χ2v) is 8.81. The molecule has 8 nitrogen and oxygen atoms in total. The summed E-state index contributed by atoms with van der Waals surface area (Å²) in [7, 11) is 1.74. The molecular weight excluding hydrogens is 382 g/mol. The van der Waals surface area contributed by atoms with Crippen LogP contribution in [-0.4, -0.2) is 46.7 Å². The van der Waals surface area contributed by atoms with Crippen LogP contribution >= 0.6 is 0 Å². The van der Waals surface area contributed by atoms with E-state index in [1.54, 1.807) is 7.11 Å². The molecule has 2 aromatic heterocycles. The molecule has 1 N–H and O–H groups in total. The number of hydrogen-bond donors (Lipinski definition) is 1. The molecule has 5 rings (SSSR count). The Bertz CT molecular complexity index is 995. The van der Waals surface area contributed by atoms with Gasteiger partial charge in [-0.15, -0.1) is 0 Å². The molecule has 2 aromatic rings. The fourth-order valence-corrected chi connectivity index (χ4v) is 4.48. The van der Waals surface area contributed by atoms with Crippen LogP contribution in [0, 0.1) is 6.92 Å². The van der Waals surface area contributed by atoms with Gasteiger partial charge in [0.25, 0.3) is 0 Å². The van der Waals surface area contributed by atoms with Crippen molar-refractivity contribution in [1.29, 1.82) is 0 Å². The molecule has 1 spiro atoms. The van der Waals surface area contributed by atoms with Gasteiger partial charge in [0.1, 0.15) is 23.8 Å². The Morgan fingerprint density at radius 1 is 1.23 bits per heavy atom. The number of methoxy groups -OCH3 is 1. The summed E-state index contributed by atoms with van der Waals surface area (Å²) >= 11 is 0. The van der Waals surface area contributed by atoms with Gasteiger partial charge in [-0.25, -0.2) is 9.97 Å². The molecule has 0 unspecified atom stereocenters. The summed E-state index contributed by atoms with van der Waals surface area (Å²) < 4.78 is 11.6. The number of nitrogens with one attached hydrogen (secondary N) is 1. The minimum atomic E-state index is -0.204. The fourth-order valence-electron chi connectivity index (χ4n) is 4.48. The summed E-state index contributed by atoms with van der Waals surface area (Å²) in [6, 6.07) is 4.30. The van der Waals surface area contributed by atoms with Crippen LogP contribution in [-0.2, 0) is 14.9 Å². The highest BCUT2D eigenvalue weighted by Crippen LogP contribution is 2.58. The van der Waals surface area contributed by atoms with Crippen LogP contribution in [0.15, 0.2) is 18.3 Å². The Hall–Kier alpha value is -2.74. The first-order chi connectivity index (χ1) is 14.4. The minimum Gasteiger partial charge on any atom is -0.460 e. The topological polar surface area (TPSA) is 89.5 Å². The van der Waals surface area contributed by atoms with E-state index in [0.717, 1.165) is 55.8 Å². The van der Waals surface area contributed by atoms with Crippen LogP contribution in [0.5, 0.6) is 6.01 Å². The number of fused-ring (bicyclic) bond motifs is 2. The molecule has 0 aromatic carbocycles. The molecule has 0 radical (unpaired) electrons. The van der Waals surface area contributed by atoms with E-state index in [-0.39, 0.29) is 16.9 Å². The molecule has 158 valence electrons. The molecule has 2 saturated carbocycles. The maximum atomic E-state index is 11.5. The van der Waals surface area contributed by atoms with Gasteiger partial charge in [0.15, 0.2) is 0 Å². The molecule has 2 aliphatic carbocycles. The lowest BCUT2D eigenvalue weighted by atomic mass is 9.81. The highest BCUT2D eigenvalue weighted by atomic mass is 16.5. The van der Waals surface area contributed by atoms with E-state index >= 15 is 0 Å². The van der Waals surface area contributed by atoms with Crippen LogP contribution in [0.25, 0.3) is 0 Å². The number of rotatable bonds is 6. The van der Waals surface area contributed by atoms with E-state index in [0.29, 0.717) is 18.4 Å². The predicted octanol–water partition coefficient (Wildman–Crippen LogP) is 3.27. The first-order valence-corrected chi connectivity index (χ1v) is 10.5. The fraction of sp³-hybridized carbons (Fsp3) is 0.545. The lowest BCUT2D eigenvalue weighted by Crippen LogP contribution is -2.44. The minimum absolute atomic E-state index is 0.134. The SMILES string of the molecule is COC1(COc2nc(C)cc(N3CC4(CC4)c4cnc(NC(C)=O)cc43)n2)CCC1. The standard InChI is InChI=1S/C22H27N5O3/c1-14-9-19(26-20(24-14)30-13-22(29-3)5-4-6-22)27-12-21(7-8-21)16-11-23-18(10-17(16)27)25-15(2)28/h9-11H,4-8,12-13H2,1-3H3,(H,23,25,28). The van der Waals surface area contributed by atoms with Crippen molar-refractivity contribution in [1.82, 2.24) is 15.0 Å². The van der Waals surface area contributed by atoms with Crippen molar-refractivity contribution in [3.8, 4) is 6.01 Å². The van der Waals surface area contributed by atoms with Gasteiger partial charge in [0, 0.05) is 55.6 Å². The van der Waals surface area contributed by atoms with Crippen LogP contribution in [0.1, 0.15) is 50.3 Å². The number of aryl methyl sites for hydroxylation is 1. The zero-order valence-electron chi connectivity index (χ0n) is 17.7. The van der Waals surface area contributed by atoms with Gasteiger partial charge in [0.05, 0.1) is 5.69 Å². The number of aromatic nitrogens is 3. The molecule has 2 fully saturated rings. The summed E-state index contributed by atoms with van der Waals surface area (Å²) in [6.07, 6.45) is 7.35. The first kappa shape index (κ1) is 19.2. The van der Waals surface area contributed by atoms with Crippen LogP contribution in [0.3, 0.4) is 0 Å². The Kier molecular flexibility index (Phi) is 4.43. The van der Waals surface area contributed by atoms with Crippen molar-refractivity contribution in [2.24, 2.45) is 0 Å². The molecule has 1 amide bonds. The highest BCUT2D eigenvalue weighted by molar-refractivity contribution is 5.89. The largest absolute Gasteiger partial charge is 0.460 e. The molecule has 0 atom stereocenters. The van der Waals surface area contributed by atoms with Gasteiger partial charge < -0.3 is 19.7 Å². The van der Waals surface area contributed by atoms with Crippen molar-refractivity contribution in [2.75, 3.05) is 30.5 Å². The quantitative estimate of drug-likeness (QED) is 0.783. The lowest BCUT2D eigenvalue weighted by Gasteiger charge is -2.39. The number of ether oxygens (including phenoxy) is 2. The van der Waals surface area contributed by atoms with Crippen molar-refractivity contribution < 1.29 is 14.3 Å². The summed E-state index contributed by atoms with van der Waals surface area (Å²) in [5.74, 6) is 1.23. The number of hydrogen-bond acceptors (Lipinski definition) is 7. The highest BCUT2D eigenvalue weighted by Gasteiger charge is 2.52. The average Bonchev–Trinajstić information content (AvgIpc) is 3.38. The second kappa shape index (κ2) is 6.91. The molecular formula is C22H27N5O3. The van der Waals surface area contributed by atoms with E-state index in [9.17, 15) is 4.79 Å². The predicted molar refractivity (Wildman–Crippen MR) is 112 cm³/mol. The van der Waals surface area contributed by atoms with Crippen LogP contribution in [0.4, 0.5) is 17.3 Å². The molecule has 1 aliphatic heterocycles. The lowest BCUT2D eigenvalue weighted by molar-refractivity contribution is -0.114. The third-order valence-electron chi connectivity index (χ3n) is 6.62. The normalized spacial score (nSPS) is 19.9. The smallest absolute Gasteiger partial charge is 0.318 e. The maximum Gasteiger partial charge on any atom is 0.318 e. The van der Waals surface area contributed by atoms with E-state index in [1.165, 1.54) is 12.5 Å². The van der Waals surface area contributed by atoms with Gasteiger partial charge in [0.2, 0.25) is 5.91 Å². The van der Waals surface area contributed by atoms with E-state index in [2.05, 4.69) is 20.2 Å². The number of carbonyl (C=O) groups is 1. The summed E-state index contributed by atoms with van der Waals surface area (Å²) in [6.45, 7) is 4.75. The van der Waals surface area contributed by atoms with Crippen molar-refractivity contribution in [2.45, 2.75) is 57.0 Å². The van der Waals surface area contributed by atoms with Crippen LogP contribution in [0.2, 0.25) is 0 Å². The van der Waals surface area contributed by atoms with E-state index in [1.807, 2.05) is 25.3 Å². The zero-order valence-corrected chi connectivity index (χ0v) is 17.7. The number of nitrogens with zero attached hydrogens (tertiary/aromatic N) is 4. The van der Waals surface area contributed by atoms with E-state index < -0.39 is 0 Å². The third-order valence-corrected chi connectivity index (χ3v) is 6.62. The van der Waals surface area contributed by atoms with Crippen molar-refractivity contribution in [3.63, 3.8) is 0 Å². The Labute approximate surface area is 176 Å². The van der Waals surface area contributed by atoms with Crippen LogP contribution < -0.4 is 15.0 Å². The number of pyridine rings is 1. The molecule has 3 heterocycles. The molecule has 0 saturated heterocycles. The van der Waals surface area contributed by atoms with Crippen molar-refractivity contribution in [3.05, 3.63) is 29.6 Å². The molecule has 30 heavy (non-hydrogen) atoms. The third kappa shape index (κ3) is 3.29. The molecule has 3 aliphatic rings. The van der Waals surface area contributed by atoms with Gasteiger partial charge in [-0.05, 0) is 39.0 Å². The number of anilines is 3. The van der Waals surface area contributed by atoms with Gasteiger partial charge >= 0.3 is 6.01 Å². The average molecular weight is 409 g/mol. The Morgan fingerprint density at radius 2 is 2.03 bits per heavy atom. The number of amides is 1. The van der Waals surface area contributed by atoms with Gasteiger partial charge in [-0.2, -0.15) is 4.98 Å². The van der Waals surface area contributed by atoms with E-state index in [4.69, 9.17) is 14.5 Å². The molecule has 0 bridgehead atoms. The van der Waals surface area contributed by atoms with Gasteiger partial charge in [-0.3, -0.25) is 4.79 Å². The molecule has 8 heteroatoms. The Balaban J connectivity index is 1.44. The summed E-state index contributed by atoms with van der Waals surface area (Å²) in [5.41, 5.74) is 3.06. The zero-order chi connectivity index (χ0) is 20.9. The first-order valence-electron chi connectivity index (χ1n) is 10.5. The monoisotopic (exact) mass is 409 g/mol.